The summed E-state index contributed by atoms with van der Waals surface area (Å²) in [6.07, 6.45) is 4.18. The van der Waals surface area contributed by atoms with E-state index in [1.54, 1.807) is 6.20 Å². The number of benzene rings is 4. The maximum absolute atomic E-state index is 13.3. The Bertz CT molecular complexity index is 1910. The van der Waals surface area contributed by atoms with Gasteiger partial charge in [-0.1, -0.05) is 72.8 Å². The minimum absolute atomic E-state index is 0.0564. The zero-order valence-corrected chi connectivity index (χ0v) is 23.7. The summed E-state index contributed by atoms with van der Waals surface area (Å²) in [7, 11) is 0. The fraction of sp³-hybridized carbons (Fsp3) is 0.114. The molecule has 2 N–H and O–H groups in total. The summed E-state index contributed by atoms with van der Waals surface area (Å²) in [6, 6.07) is 38.7. The molecule has 0 aliphatic carbocycles. The SMILES string of the molecule is O=C(CCN1C(=S)N[C@H](c2ccccn2)[C@H]1c1cccn1-c1ccc2ccccc2c1)Nc1cccc2ccccc12. The highest BCUT2D eigenvalue weighted by molar-refractivity contribution is 7.80. The zero-order chi connectivity index (χ0) is 28.5. The lowest BCUT2D eigenvalue weighted by Gasteiger charge is -2.29. The number of hydrogen-bond acceptors (Lipinski definition) is 3. The van der Waals surface area contributed by atoms with Crippen LogP contribution in [0, 0.1) is 0 Å². The van der Waals surface area contributed by atoms with Gasteiger partial charge in [-0.15, -0.1) is 0 Å². The van der Waals surface area contributed by atoms with Crippen LogP contribution in [-0.2, 0) is 4.79 Å². The third-order valence-corrected chi connectivity index (χ3v) is 8.29. The molecule has 0 bridgehead atoms. The highest BCUT2D eigenvalue weighted by atomic mass is 32.1. The third-order valence-electron chi connectivity index (χ3n) is 7.94. The molecule has 0 radical (unpaired) electrons. The van der Waals surface area contributed by atoms with Crippen molar-refractivity contribution in [3.05, 3.63) is 139 Å². The zero-order valence-electron chi connectivity index (χ0n) is 22.9. The Morgan fingerprint density at radius 3 is 2.48 bits per heavy atom. The standard InChI is InChI=1S/C35H29N5OS/c41-32(37-29-15-7-12-25-10-3-4-13-28(25)29)19-22-40-34(33(38-35(40)42)30-14-5-6-20-36-30)31-16-8-21-39(31)27-18-17-24-9-1-2-11-26(24)23-27/h1-18,20-21,23,33-34H,19,22H2,(H,37,41)(H,38,42)/t33-,34-/m1/s1. The first-order valence-corrected chi connectivity index (χ1v) is 14.5. The molecule has 7 heteroatoms. The molecule has 1 aliphatic rings. The Morgan fingerprint density at radius 2 is 1.62 bits per heavy atom. The van der Waals surface area contributed by atoms with Crippen LogP contribution in [0.5, 0.6) is 0 Å². The van der Waals surface area contributed by atoms with Crippen molar-refractivity contribution < 1.29 is 4.79 Å². The van der Waals surface area contributed by atoms with Crippen LogP contribution in [0.4, 0.5) is 5.69 Å². The molecule has 3 heterocycles. The first-order chi connectivity index (χ1) is 20.7. The minimum atomic E-state index is -0.172. The van der Waals surface area contributed by atoms with E-state index in [-0.39, 0.29) is 24.4 Å². The Balaban J connectivity index is 1.20. The molecule has 0 spiro atoms. The van der Waals surface area contributed by atoms with E-state index in [4.69, 9.17) is 12.2 Å². The lowest BCUT2D eigenvalue weighted by Crippen LogP contribution is -2.33. The van der Waals surface area contributed by atoms with Crippen molar-refractivity contribution in [1.29, 1.82) is 0 Å². The fourth-order valence-corrected chi connectivity index (χ4v) is 6.27. The van der Waals surface area contributed by atoms with Gasteiger partial charge in [-0.2, -0.15) is 0 Å². The highest BCUT2D eigenvalue weighted by Crippen LogP contribution is 2.40. The lowest BCUT2D eigenvalue weighted by atomic mass is 10.0. The molecule has 0 unspecified atom stereocenters. The number of rotatable bonds is 7. The molecule has 6 nitrogen and oxygen atoms in total. The normalized spacial score (nSPS) is 16.6. The second-order valence-corrected chi connectivity index (χ2v) is 10.9. The van der Waals surface area contributed by atoms with Crippen LogP contribution in [0.15, 0.2) is 128 Å². The Hall–Kier alpha value is -5.01. The minimum Gasteiger partial charge on any atom is -0.352 e. The molecule has 2 atom stereocenters. The van der Waals surface area contributed by atoms with E-state index in [0.717, 1.165) is 33.5 Å². The Morgan fingerprint density at radius 1 is 0.833 bits per heavy atom. The topological polar surface area (TPSA) is 62.2 Å². The van der Waals surface area contributed by atoms with Gasteiger partial charge in [0.2, 0.25) is 5.91 Å². The predicted octanol–water partition coefficient (Wildman–Crippen LogP) is 7.18. The van der Waals surface area contributed by atoms with Crippen molar-refractivity contribution in [2.45, 2.75) is 18.5 Å². The van der Waals surface area contributed by atoms with Crippen molar-refractivity contribution in [3.8, 4) is 5.69 Å². The second kappa shape index (κ2) is 11.1. The third kappa shape index (κ3) is 4.88. The Labute approximate surface area is 249 Å². The number of amides is 1. The van der Waals surface area contributed by atoms with Crippen LogP contribution >= 0.6 is 12.2 Å². The van der Waals surface area contributed by atoms with Crippen LogP contribution in [0.2, 0.25) is 0 Å². The van der Waals surface area contributed by atoms with Gasteiger partial charge in [-0.05, 0) is 70.8 Å². The molecule has 42 heavy (non-hydrogen) atoms. The molecule has 0 saturated carbocycles. The summed E-state index contributed by atoms with van der Waals surface area (Å²) in [4.78, 5) is 20.1. The smallest absolute Gasteiger partial charge is 0.226 e. The first-order valence-electron chi connectivity index (χ1n) is 14.1. The summed E-state index contributed by atoms with van der Waals surface area (Å²) in [5, 5.41) is 11.7. The van der Waals surface area contributed by atoms with E-state index in [1.807, 2.05) is 60.7 Å². The van der Waals surface area contributed by atoms with Crippen LogP contribution in [0.25, 0.3) is 27.2 Å². The van der Waals surface area contributed by atoms with Crippen LogP contribution < -0.4 is 10.6 Å². The monoisotopic (exact) mass is 567 g/mol. The molecular formula is C35H29N5OS. The summed E-state index contributed by atoms with van der Waals surface area (Å²) < 4.78 is 2.21. The average molecular weight is 568 g/mol. The molecule has 6 aromatic rings. The first kappa shape index (κ1) is 25.9. The van der Waals surface area contributed by atoms with Crippen molar-refractivity contribution in [2.24, 2.45) is 0 Å². The van der Waals surface area contributed by atoms with Crippen molar-refractivity contribution in [2.75, 3.05) is 11.9 Å². The molecule has 4 aromatic carbocycles. The molecule has 1 saturated heterocycles. The van der Waals surface area contributed by atoms with E-state index in [2.05, 4.69) is 85.9 Å². The molecule has 1 fully saturated rings. The van der Waals surface area contributed by atoms with Crippen molar-refractivity contribution in [1.82, 2.24) is 19.8 Å². The summed E-state index contributed by atoms with van der Waals surface area (Å²) in [6.45, 7) is 0.458. The summed E-state index contributed by atoms with van der Waals surface area (Å²) in [5.41, 5.74) is 3.86. The van der Waals surface area contributed by atoms with E-state index in [0.29, 0.717) is 11.7 Å². The van der Waals surface area contributed by atoms with Crippen LogP contribution in [0.1, 0.15) is 29.9 Å². The number of hydrogen-bond donors (Lipinski definition) is 2. The van der Waals surface area contributed by atoms with Gasteiger partial charge < -0.3 is 20.1 Å². The fourth-order valence-electron chi connectivity index (χ4n) is 5.93. The largest absolute Gasteiger partial charge is 0.352 e. The number of carbonyl (C=O) groups is 1. The number of thiocarbonyl (C=S) groups is 1. The number of nitrogens with one attached hydrogen (secondary N) is 2. The lowest BCUT2D eigenvalue weighted by molar-refractivity contribution is -0.116. The van der Waals surface area contributed by atoms with Gasteiger partial charge in [0.15, 0.2) is 5.11 Å². The number of pyridine rings is 1. The van der Waals surface area contributed by atoms with Gasteiger partial charge in [-0.25, -0.2) is 0 Å². The maximum atomic E-state index is 13.3. The number of fused-ring (bicyclic) bond motifs is 2. The molecule has 206 valence electrons. The molecule has 1 aliphatic heterocycles. The molecule has 2 aromatic heterocycles. The van der Waals surface area contributed by atoms with Gasteiger partial charge in [0.1, 0.15) is 0 Å². The quantitative estimate of drug-likeness (QED) is 0.200. The maximum Gasteiger partial charge on any atom is 0.226 e. The van der Waals surface area contributed by atoms with Crippen LogP contribution in [-0.4, -0.2) is 32.0 Å². The average Bonchev–Trinajstić information content (AvgIpc) is 3.64. The number of anilines is 1. The van der Waals surface area contributed by atoms with Gasteiger partial charge in [0.05, 0.1) is 17.8 Å². The summed E-state index contributed by atoms with van der Waals surface area (Å²) in [5.74, 6) is -0.0564. The number of carbonyl (C=O) groups excluding carboxylic acids is 1. The van der Waals surface area contributed by atoms with Crippen molar-refractivity contribution >= 4 is 50.5 Å². The van der Waals surface area contributed by atoms with E-state index < -0.39 is 0 Å². The van der Waals surface area contributed by atoms with Gasteiger partial charge in [0, 0.05) is 47.8 Å². The van der Waals surface area contributed by atoms with Crippen LogP contribution in [0.3, 0.4) is 0 Å². The van der Waals surface area contributed by atoms with E-state index in [1.165, 1.54) is 10.8 Å². The molecule has 7 rings (SSSR count). The highest BCUT2D eigenvalue weighted by Gasteiger charge is 2.41. The number of aromatic nitrogens is 2. The van der Waals surface area contributed by atoms with E-state index in [9.17, 15) is 4.79 Å². The van der Waals surface area contributed by atoms with Gasteiger partial charge in [-0.3, -0.25) is 9.78 Å². The van der Waals surface area contributed by atoms with Crippen molar-refractivity contribution in [3.63, 3.8) is 0 Å². The second-order valence-electron chi connectivity index (χ2n) is 10.5. The number of nitrogens with zero attached hydrogens (tertiary/aromatic N) is 3. The Kier molecular flexibility index (Phi) is 6.85. The molecule has 1 amide bonds. The summed E-state index contributed by atoms with van der Waals surface area (Å²) >= 11 is 5.88. The predicted molar refractivity (Wildman–Crippen MR) is 173 cm³/mol. The van der Waals surface area contributed by atoms with E-state index >= 15 is 0 Å². The molecular weight excluding hydrogens is 538 g/mol. The van der Waals surface area contributed by atoms with Gasteiger partial charge >= 0.3 is 0 Å². The van der Waals surface area contributed by atoms with Gasteiger partial charge in [0.25, 0.3) is 0 Å².